The number of benzene rings is 2. The Morgan fingerprint density at radius 3 is 2.40 bits per heavy atom. The van der Waals surface area contributed by atoms with Crippen LogP contribution in [-0.4, -0.2) is 80.1 Å². The molecule has 1 saturated carbocycles. The summed E-state index contributed by atoms with van der Waals surface area (Å²) in [5.74, 6) is -1.27. The minimum atomic E-state index is -0.707. The van der Waals surface area contributed by atoms with Gasteiger partial charge in [-0.05, 0) is 71.0 Å². The van der Waals surface area contributed by atoms with Crippen molar-refractivity contribution in [2.75, 3.05) is 38.3 Å². The van der Waals surface area contributed by atoms with Crippen LogP contribution in [0.4, 0.5) is 10.1 Å². The van der Waals surface area contributed by atoms with Crippen molar-refractivity contribution in [1.29, 1.82) is 0 Å². The van der Waals surface area contributed by atoms with E-state index in [1.54, 1.807) is 6.07 Å². The van der Waals surface area contributed by atoms with Gasteiger partial charge in [0.1, 0.15) is 23.3 Å². The first kappa shape index (κ1) is 29.8. The van der Waals surface area contributed by atoms with Crippen molar-refractivity contribution in [2.24, 2.45) is 0 Å². The molecule has 218 valence electrons. The number of hydrogen-bond donors (Lipinski definition) is 0. The maximum Gasteiger partial charge on any atom is 0.340 e. The van der Waals surface area contributed by atoms with E-state index < -0.39 is 17.4 Å². The molecule has 2 aromatic carbocycles. The van der Waals surface area contributed by atoms with E-state index in [0.717, 1.165) is 38.2 Å². The molecule has 0 aromatic heterocycles. The fourth-order valence-electron chi connectivity index (χ4n) is 5.17. The molecule has 0 bridgehead atoms. The number of carbonyl (C=O) groups is 2. The molecule has 0 radical (unpaired) electrons. The highest BCUT2D eigenvalue weighted by Gasteiger charge is 2.38. The Labute approximate surface area is 236 Å². The molecule has 40 heavy (non-hydrogen) atoms. The standard InChI is InChI=1S/C31H41FN2O6/c1-20(2)34(23-15-25(16-23)39-24-11-12-27(28(32)17-24)30(36)37-6)19-26-18-33(13-14-38-26)22-9-7-21(8-10-22)29(35)40-31(3,4)5/h7-12,17,20,23,25-26H,13-16,18-19H2,1-6H3. The second-order valence-corrected chi connectivity index (χ2v) is 11.8. The Balaban J connectivity index is 1.30. The van der Waals surface area contributed by atoms with E-state index in [1.807, 2.05) is 45.0 Å². The van der Waals surface area contributed by atoms with E-state index >= 15 is 0 Å². The molecule has 1 aliphatic heterocycles. The fraction of sp³-hybridized carbons (Fsp3) is 0.548. The smallest absolute Gasteiger partial charge is 0.340 e. The molecule has 2 aromatic rings. The van der Waals surface area contributed by atoms with Crippen LogP contribution in [0.3, 0.4) is 0 Å². The SMILES string of the molecule is COC(=O)c1ccc(OC2CC(N(CC3CN(c4ccc(C(=O)OC(C)(C)C)cc4)CCO3)C(C)C)C2)cc1F. The van der Waals surface area contributed by atoms with Crippen LogP contribution in [0, 0.1) is 5.82 Å². The average Bonchev–Trinajstić information content (AvgIpc) is 2.88. The monoisotopic (exact) mass is 556 g/mol. The van der Waals surface area contributed by atoms with E-state index in [-0.39, 0.29) is 23.7 Å². The quantitative estimate of drug-likeness (QED) is 0.395. The van der Waals surface area contributed by atoms with Gasteiger partial charge in [-0.3, -0.25) is 4.90 Å². The minimum Gasteiger partial charge on any atom is -0.490 e. The van der Waals surface area contributed by atoms with Crippen LogP contribution < -0.4 is 9.64 Å². The molecule has 1 heterocycles. The molecule has 9 heteroatoms. The van der Waals surface area contributed by atoms with Crippen LogP contribution in [0.5, 0.6) is 5.75 Å². The minimum absolute atomic E-state index is 0.0121. The highest BCUT2D eigenvalue weighted by molar-refractivity contribution is 5.90. The Morgan fingerprint density at radius 2 is 1.80 bits per heavy atom. The zero-order chi connectivity index (χ0) is 29.0. The van der Waals surface area contributed by atoms with Crippen molar-refractivity contribution in [1.82, 2.24) is 4.90 Å². The molecule has 1 atom stereocenters. The highest BCUT2D eigenvalue weighted by Crippen LogP contribution is 2.32. The normalized spacial score (nSPS) is 21.2. The summed E-state index contributed by atoms with van der Waals surface area (Å²) in [6, 6.07) is 12.5. The molecule has 2 fully saturated rings. The number of anilines is 1. The van der Waals surface area contributed by atoms with Gasteiger partial charge < -0.3 is 23.8 Å². The third-order valence-corrected chi connectivity index (χ3v) is 7.27. The summed E-state index contributed by atoms with van der Waals surface area (Å²) in [6.07, 6.45) is 1.70. The average molecular weight is 557 g/mol. The van der Waals surface area contributed by atoms with Crippen LogP contribution in [0.2, 0.25) is 0 Å². The van der Waals surface area contributed by atoms with Gasteiger partial charge in [0.05, 0.1) is 30.9 Å². The summed E-state index contributed by atoms with van der Waals surface area (Å²) in [5, 5.41) is 0. The lowest BCUT2D eigenvalue weighted by atomic mass is 9.86. The number of morpholine rings is 1. The molecule has 1 saturated heterocycles. The van der Waals surface area contributed by atoms with E-state index in [0.29, 0.717) is 30.0 Å². The summed E-state index contributed by atoms with van der Waals surface area (Å²) < 4.78 is 36.5. The largest absolute Gasteiger partial charge is 0.490 e. The molecule has 2 aliphatic rings. The number of ether oxygens (including phenoxy) is 4. The van der Waals surface area contributed by atoms with Crippen molar-refractivity contribution >= 4 is 17.6 Å². The van der Waals surface area contributed by atoms with Crippen molar-refractivity contribution < 1.29 is 32.9 Å². The number of nitrogens with zero attached hydrogens (tertiary/aromatic N) is 2. The Hall–Kier alpha value is -3.17. The van der Waals surface area contributed by atoms with Crippen molar-refractivity contribution in [3.8, 4) is 5.75 Å². The van der Waals surface area contributed by atoms with Crippen molar-refractivity contribution in [2.45, 2.75) is 77.4 Å². The van der Waals surface area contributed by atoms with E-state index in [4.69, 9.17) is 14.2 Å². The number of rotatable bonds is 9. The zero-order valence-electron chi connectivity index (χ0n) is 24.3. The van der Waals surface area contributed by atoms with Crippen LogP contribution in [0.15, 0.2) is 42.5 Å². The number of esters is 2. The van der Waals surface area contributed by atoms with Gasteiger partial charge in [-0.25, -0.2) is 14.0 Å². The Morgan fingerprint density at radius 1 is 1.10 bits per heavy atom. The topological polar surface area (TPSA) is 77.5 Å². The summed E-state index contributed by atoms with van der Waals surface area (Å²) in [6.45, 7) is 12.9. The lowest BCUT2D eigenvalue weighted by molar-refractivity contribution is -0.0415. The van der Waals surface area contributed by atoms with Gasteiger partial charge in [-0.1, -0.05) is 0 Å². The van der Waals surface area contributed by atoms with Gasteiger partial charge >= 0.3 is 11.9 Å². The molecular weight excluding hydrogens is 515 g/mol. The van der Waals surface area contributed by atoms with Crippen LogP contribution in [-0.2, 0) is 14.2 Å². The molecule has 4 rings (SSSR count). The first-order valence-electron chi connectivity index (χ1n) is 13.9. The maximum atomic E-state index is 14.3. The maximum absolute atomic E-state index is 14.3. The summed E-state index contributed by atoms with van der Waals surface area (Å²) in [7, 11) is 1.22. The number of methoxy groups -OCH3 is 1. The van der Waals surface area contributed by atoms with Gasteiger partial charge in [0.2, 0.25) is 0 Å². The molecular formula is C31H41FN2O6. The molecule has 0 N–H and O–H groups in total. The lowest BCUT2D eigenvalue weighted by Gasteiger charge is -2.46. The second-order valence-electron chi connectivity index (χ2n) is 11.8. The highest BCUT2D eigenvalue weighted by atomic mass is 19.1. The van der Waals surface area contributed by atoms with Gasteiger partial charge in [-0.2, -0.15) is 0 Å². The van der Waals surface area contributed by atoms with Crippen molar-refractivity contribution in [3.05, 3.63) is 59.4 Å². The summed E-state index contributed by atoms with van der Waals surface area (Å²) in [4.78, 5) is 28.7. The zero-order valence-corrected chi connectivity index (χ0v) is 24.3. The van der Waals surface area contributed by atoms with E-state index in [9.17, 15) is 14.0 Å². The molecule has 0 amide bonds. The Bertz CT molecular complexity index is 1170. The second kappa shape index (κ2) is 12.6. The predicted octanol–water partition coefficient (Wildman–Crippen LogP) is 5.09. The van der Waals surface area contributed by atoms with Gasteiger partial charge in [0, 0.05) is 56.3 Å². The summed E-state index contributed by atoms with van der Waals surface area (Å²) in [5.41, 5.74) is 0.961. The fourth-order valence-corrected chi connectivity index (χ4v) is 5.17. The van der Waals surface area contributed by atoms with Gasteiger partial charge in [-0.15, -0.1) is 0 Å². The predicted molar refractivity (Wildman–Crippen MR) is 151 cm³/mol. The molecule has 0 spiro atoms. The van der Waals surface area contributed by atoms with Gasteiger partial charge in [0.15, 0.2) is 0 Å². The lowest BCUT2D eigenvalue weighted by Crippen LogP contribution is -2.56. The first-order valence-corrected chi connectivity index (χ1v) is 13.9. The summed E-state index contributed by atoms with van der Waals surface area (Å²) >= 11 is 0. The third-order valence-electron chi connectivity index (χ3n) is 7.27. The molecule has 1 aliphatic carbocycles. The number of halogens is 1. The van der Waals surface area contributed by atoms with Crippen LogP contribution >= 0.6 is 0 Å². The first-order chi connectivity index (χ1) is 18.9. The number of hydrogen-bond acceptors (Lipinski definition) is 8. The van der Waals surface area contributed by atoms with E-state index in [2.05, 4.69) is 28.4 Å². The molecule has 1 unspecified atom stereocenters. The third kappa shape index (κ3) is 7.52. The Kier molecular flexibility index (Phi) is 9.36. The van der Waals surface area contributed by atoms with Crippen LogP contribution in [0.1, 0.15) is 68.2 Å². The van der Waals surface area contributed by atoms with Crippen molar-refractivity contribution in [3.63, 3.8) is 0 Å². The van der Waals surface area contributed by atoms with Crippen LogP contribution in [0.25, 0.3) is 0 Å². The van der Waals surface area contributed by atoms with E-state index in [1.165, 1.54) is 19.2 Å². The molecule has 8 nitrogen and oxygen atoms in total. The number of carbonyl (C=O) groups excluding carboxylic acids is 2. The van der Waals surface area contributed by atoms with Gasteiger partial charge in [0.25, 0.3) is 0 Å².